The molecule has 0 spiro atoms. The van der Waals surface area contributed by atoms with E-state index in [0.717, 1.165) is 11.1 Å². The molecular formula is C19H15F3N2O3S. The maximum absolute atomic E-state index is 12.4. The van der Waals surface area contributed by atoms with Crippen LogP contribution in [0.5, 0.6) is 0 Å². The van der Waals surface area contributed by atoms with Crippen LogP contribution in [0, 0.1) is 6.92 Å². The number of esters is 1. The maximum atomic E-state index is 12.4. The third-order valence-electron chi connectivity index (χ3n) is 3.69. The average Bonchev–Trinajstić information content (AvgIpc) is 3.12. The standard InChI is InChI=1S/C19H15F3N2O3S/c1-11-3-5-13(6-4-11)17-24-23-16(27-17)12(2)26-18(25)14-7-9-15(10-8-14)28-19(20,21)22/h3-10,12H,1-2H3/t12-/m1/s1. The Morgan fingerprint density at radius 2 is 1.71 bits per heavy atom. The van der Waals surface area contributed by atoms with Crippen LogP contribution in [0.4, 0.5) is 13.2 Å². The number of halogens is 3. The van der Waals surface area contributed by atoms with E-state index in [0.29, 0.717) is 5.89 Å². The quantitative estimate of drug-likeness (QED) is 0.406. The number of hydrogen-bond acceptors (Lipinski definition) is 6. The second kappa shape index (κ2) is 8.05. The fraction of sp³-hybridized carbons (Fsp3) is 0.211. The van der Waals surface area contributed by atoms with E-state index >= 15 is 0 Å². The summed E-state index contributed by atoms with van der Waals surface area (Å²) < 4.78 is 47.9. The summed E-state index contributed by atoms with van der Waals surface area (Å²) in [4.78, 5) is 12.2. The fourth-order valence-electron chi connectivity index (χ4n) is 2.28. The van der Waals surface area contributed by atoms with Gasteiger partial charge in [0.2, 0.25) is 5.89 Å². The summed E-state index contributed by atoms with van der Waals surface area (Å²) >= 11 is -0.252. The summed E-state index contributed by atoms with van der Waals surface area (Å²) in [6.07, 6.45) is -0.816. The van der Waals surface area contributed by atoms with E-state index in [2.05, 4.69) is 10.2 Å². The zero-order valence-electron chi connectivity index (χ0n) is 14.9. The number of ether oxygens (including phenoxy) is 1. The topological polar surface area (TPSA) is 65.2 Å². The third kappa shape index (κ3) is 5.13. The highest BCUT2D eigenvalue weighted by Gasteiger charge is 2.29. The summed E-state index contributed by atoms with van der Waals surface area (Å²) in [7, 11) is 0. The monoisotopic (exact) mass is 408 g/mol. The van der Waals surface area contributed by atoms with E-state index < -0.39 is 17.6 Å². The zero-order valence-corrected chi connectivity index (χ0v) is 15.7. The molecule has 0 aliphatic heterocycles. The number of alkyl halides is 3. The van der Waals surface area contributed by atoms with E-state index in [4.69, 9.17) is 9.15 Å². The first-order chi connectivity index (χ1) is 13.2. The second-order valence-electron chi connectivity index (χ2n) is 5.93. The maximum Gasteiger partial charge on any atom is 0.446 e. The highest BCUT2D eigenvalue weighted by Crippen LogP contribution is 2.36. The Morgan fingerprint density at radius 1 is 1.07 bits per heavy atom. The molecule has 0 saturated carbocycles. The van der Waals surface area contributed by atoms with Crippen molar-refractivity contribution in [3.05, 3.63) is 65.5 Å². The number of aryl methyl sites for hydroxylation is 1. The van der Waals surface area contributed by atoms with Crippen molar-refractivity contribution in [2.24, 2.45) is 0 Å². The van der Waals surface area contributed by atoms with Crippen LogP contribution in [-0.2, 0) is 4.74 Å². The molecule has 1 aromatic heterocycles. The molecule has 0 fully saturated rings. The van der Waals surface area contributed by atoms with Gasteiger partial charge in [0.05, 0.1) is 5.56 Å². The Bertz CT molecular complexity index is 954. The van der Waals surface area contributed by atoms with Gasteiger partial charge in [0.15, 0.2) is 6.10 Å². The van der Waals surface area contributed by atoms with E-state index in [1.807, 2.05) is 31.2 Å². The Kier molecular flexibility index (Phi) is 5.73. The van der Waals surface area contributed by atoms with Crippen molar-refractivity contribution in [1.82, 2.24) is 10.2 Å². The van der Waals surface area contributed by atoms with Crippen molar-refractivity contribution in [2.45, 2.75) is 30.4 Å². The lowest BCUT2D eigenvalue weighted by molar-refractivity contribution is -0.0328. The van der Waals surface area contributed by atoms with Crippen LogP contribution in [0.2, 0.25) is 0 Å². The van der Waals surface area contributed by atoms with E-state index in [9.17, 15) is 18.0 Å². The van der Waals surface area contributed by atoms with Crippen LogP contribution in [0.1, 0.15) is 34.8 Å². The largest absolute Gasteiger partial charge is 0.449 e. The van der Waals surface area contributed by atoms with Crippen molar-refractivity contribution in [1.29, 1.82) is 0 Å². The molecule has 28 heavy (non-hydrogen) atoms. The second-order valence-corrected chi connectivity index (χ2v) is 7.07. The van der Waals surface area contributed by atoms with Crippen LogP contribution in [0.15, 0.2) is 57.8 Å². The molecule has 0 aliphatic rings. The van der Waals surface area contributed by atoms with Crippen LogP contribution < -0.4 is 0 Å². The van der Waals surface area contributed by atoms with Crippen LogP contribution in [-0.4, -0.2) is 21.7 Å². The number of carbonyl (C=O) groups excluding carboxylic acids is 1. The van der Waals surface area contributed by atoms with Crippen molar-refractivity contribution >= 4 is 17.7 Å². The first-order valence-electron chi connectivity index (χ1n) is 8.18. The molecule has 3 rings (SSSR count). The van der Waals surface area contributed by atoms with Gasteiger partial charge in [-0.05, 0) is 62.0 Å². The molecule has 0 saturated heterocycles. The molecule has 5 nitrogen and oxygen atoms in total. The molecule has 9 heteroatoms. The van der Waals surface area contributed by atoms with Gasteiger partial charge in [-0.3, -0.25) is 0 Å². The molecule has 2 aromatic carbocycles. The smallest absolute Gasteiger partial charge is 0.446 e. The summed E-state index contributed by atoms with van der Waals surface area (Å²) in [6.45, 7) is 3.52. The van der Waals surface area contributed by atoms with E-state index in [1.54, 1.807) is 6.92 Å². The van der Waals surface area contributed by atoms with Crippen LogP contribution >= 0.6 is 11.8 Å². The van der Waals surface area contributed by atoms with Gasteiger partial charge in [-0.15, -0.1) is 10.2 Å². The molecule has 1 heterocycles. The Labute approximate surface area is 162 Å². The van der Waals surface area contributed by atoms with Crippen molar-refractivity contribution in [2.75, 3.05) is 0 Å². The van der Waals surface area contributed by atoms with Gasteiger partial charge < -0.3 is 9.15 Å². The number of benzene rings is 2. The molecule has 0 aliphatic carbocycles. The number of carbonyl (C=O) groups is 1. The molecular weight excluding hydrogens is 393 g/mol. The molecule has 0 N–H and O–H groups in total. The Hall–Kier alpha value is -2.81. The number of rotatable bonds is 5. The van der Waals surface area contributed by atoms with Gasteiger partial charge in [-0.2, -0.15) is 13.2 Å². The van der Waals surface area contributed by atoms with Gasteiger partial charge in [-0.1, -0.05) is 17.7 Å². The Balaban J connectivity index is 1.65. The number of aromatic nitrogens is 2. The molecule has 1 atom stereocenters. The van der Waals surface area contributed by atoms with E-state index in [-0.39, 0.29) is 28.1 Å². The van der Waals surface area contributed by atoms with Gasteiger partial charge in [0.25, 0.3) is 5.89 Å². The summed E-state index contributed by atoms with van der Waals surface area (Å²) in [5, 5.41) is 7.84. The minimum Gasteiger partial charge on any atom is -0.449 e. The number of hydrogen-bond donors (Lipinski definition) is 0. The lowest BCUT2D eigenvalue weighted by Crippen LogP contribution is -2.09. The minimum atomic E-state index is -4.39. The van der Waals surface area contributed by atoms with Crippen molar-refractivity contribution in [3.8, 4) is 11.5 Å². The highest BCUT2D eigenvalue weighted by molar-refractivity contribution is 8.00. The first-order valence-corrected chi connectivity index (χ1v) is 9.00. The van der Waals surface area contributed by atoms with Gasteiger partial charge in [0, 0.05) is 10.5 Å². The summed E-state index contributed by atoms with van der Waals surface area (Å²) in [5.41, 5.74) is -2.44. The normalized spacial score (nSPS) is 12.6. The predicted molar refractivity (Wildman–Crippen MR) is 96.7 cm³/mol. The predicted octanol–water partition coefficient (Wildman–Crippen LogP) is 5.57. The van der Waals surface area contributed by atoms with Gasteiger partial charge >= 0.3 is 11.5 Å². The lowest BCUT2D eigenvalue weighted by atomic mass is 10.1. The number of nitrogens with zero attached hydrogens (tertiary/aromatic N) is 2. The average molecular weight is 408 g/mol. The zero-order chi connectivity index (χ0) is 20.3. The SMILES string of the molecule is Cc1ccc(-c2nnc([C@@H](C)OC(=O)c3ccc(SC(F)(F)F)cc3)o2)cc1. The molecule has 3 aromatic rings. The highest BCUT2D eigenvalue weighted by atomic mass is 32.2. The summed E-state index contributed by atoms with van der Waals surface area (Å²) in [6, 6.07) is 12.5. The molecule has 0 radical (unpaired) electrons. The van der Waals surface area contributed by atoms with Gasteiger partial charge in [-0.25, -0.2) is 4.79 Å². The van der Waals surface area contributed by atoms with Crippen molar-refractivity contribution < 1.29 is 27.1 Å². The lowest BCUT2D eigenvalue weighted by Gasteiger charge is -2.10. The Morgan fingerprint density at radius 3 is 2.32 bits per heavy atom. The fourth-order valence-corrected chi connectivity index (χ4v) is 2.82. The molecule has 0 amide bonds. The summed E-state index contributed by atoms with van der Waals surface area (Å²) in [5.74, 6) is -0.286. The first kappa shape index (κ1) is 19.9. The molecule has 146 valence electrons. The van der Waals surface area contributed by atoms with Crippen LogP contribution in [0.3, 0.4) is 0 Å². The van der Waals surface area contributed by atoms with Crippen LogP contribution in [0.25, 0.3) is 11.5 Å². The molecule has 0 unspecified atom stereocenters. The van der Waals surface area contributed by atoms with Crippen molar-refractivity contribution in [3.63, 3.8) is 0 Å². The van der Waals surface area contributed by atoms with E-state index in [1.165, 1.54) is 24.3 Å². The molecule has 0 bridgehead atoms. The number of thioether (sulfide) groups is 1. The third-order valence-corrected chi connectivity index (χ3v) is 4.43. The minimum absolute atomic E-state index is 0.0169. The van der Waals surface area contributed by atoms with Gasteiger partial charge in [0.1, 0.15) is 0 Å².